The summed E-state index contributed by atoms with van der Waals surface area (Å²) in [4.78, 5) is 2.48. The second-order valence-electron chi connectivity index (χ2n) is 7.99. The Morgan fingerprint density at radius 3 is 2.53 bits per heavy atom. The molecule has 0 amide bonds. The maximum Gasteiger partial charge on any atom is 0.306 e. The van der Waals surface area contributed by atoms with Gasteiger partial charge >= 0.3 is 10.1 Å². The number of aromatic nitrogens is 3. The van der Waals surface area contributed by atoms with Gasteiger partial charge in [-0.05, 0) is 49.1 Å². The van der Waals surface area contributed by atoms with Gasteiger partial charge in [-0.25, -0.2) is 0 Å². The van der Waals surface area contributed by atoms with Crippen LogP contribution < -0.4 is 4.18 Å². The topological polar surface area (TPSA) is 77.3 Å². The Labute approximate surface area is 193 Å². The first-order valence-electron chi connectivity index (χ1n) is 10.7. The SMILES string of the molecule is Cn1c(SCCCN2CCc3ccc(OS(C)(=O)=O)cc3CC2)nnc1-c1ccccc1. The molecule has 4 rings (SSSR count). The van der Waals surface area contributed by atoms with Crippen molar-refractivity contribution in [2.75, 3.05) is 31.6 Å². The zero-order valence-corrected chi connectivity index (χ0v) is 20.0. The van der Waals surface area contributed by atoms with E-state index in [9.17, 15) is 8.42 Å². The van der Waals surface area contributed by atoms with E-state index in [4.69, 9.17) is 4.18 Å². The molecule has 2 aromatic carbocycles. The smallest absolute Gasteiger partial charge is 0.306 e. The van der Waals surface area contributed by atoms with E-state index >= 15 is 0 Å². The first-order chi connectivity index (χ1) is 15.4. The molecule has 0 saturated heterocycles. The largest absolute Gasteiger partial charge is 0.383 e. The average molecular weight is 473 g/mol. The molecular weight excluding hydrogens is 444 g/mol. The summed E-state index contributed by atoms with van der Waals surface area (Å²) in [5.74, 6) is 2.27. The highest BCUT2D eigenvalue weighted by atomic mass is 32.2. The fourth-order valence-corrected chi connectivity index (χ4v) is 5.22. The van der Waals surface area contributed by atoms with Gasteiger partial charge in [0.05, 0.1) is 6.26 Å². The molecule has 0 bridgehead atoms. The van der Waals surface area contributed by atoms with E-state index < -0.39 is 10.1 Å². The minimum Gasteiger partial charge on any atom is -0.383 e. The summed E-state index contributed by atoms with van der Waals surface area (Å²) in [6.45, 7) is 2.99. The fourth-order valence-electron chi connectivity index (χ4n) is 3.93. The second kappa shape index (κ2) is 10.1. The molecule has 0 saturated carbocycles. The molecule has 3 aromatic rings. The van der Waals surface area contributed by atoms with Crippen LogP contribution in [0.15, 0.2) is 53.7 Å². The lowest BCUT2D eigenvalue weighted by Gasteiger charge is -2.19. The highest BCUT2D eigenvalue weighted by Gasteiger charge is 2.16. The average Bonchev–Trinajstić information content (AvgIpc) is 3.00. The summed E-state index contributed by atoms with van der Waals surface area (Å²) in [7, 11) is -1.49. The fraction of sp³-hybridized carbons (Fsp3) is 0.391. The van der Waals surface area contributed by atoms with Crippen LogP contribution in [0.5, 0.6) is 5.75 Å². The van der Waals surface area contributed by atoms with Crippen molar-refractivity contribution in [2.45, 2.75) is 24.4 Å². The highest BCUT2D eigenvalue weighted by Crippen LogP contribution is 2.24. The Kier molecular flexibility index (Phi) is 7.17. The number of hydrogen-bond acceptors (Lipinski definition) is 7. The number of nitrogens with zero attached hydrogens (tertiary/aromatic N) is 4. The minimum atomic E-state index is -3.50. The minimum absolute atomic E-state index is 0.398. The third kappa shape index (κ3) is 5.90. The van der Waals surface area contributed by atoms with Crippen molar-refractivity contribution in [1.82, 2.24) is 19.7 Å². The van der Waals surface area contributed by atoms with Crippen molar-refractivity contribution in [3.8, 4) is 17.1 Å². The maximum absolute atomic E-state index is 11.4. The first-order valence-corrected chi connectivity index (χ1v) is 13.5. The van der Waals surface area contributed by atoms with Gasteiger partial charge in [-0.3, -0.25) is 0 Å². The van der Waals surface area contributed by atoms with Crippen LogP contribution in [0.25, 0.3) is 11.4 Å². The van der Waals surface area contributed by atoms with E-state index in [1.54, 1.807) is 17.8 Å². The monoisotopic (exact) mass is 472 g/mol. The van der Waals surface area contributed by atoms with Gasteiger partial charge in [-0.2, -0.15) is 8.42 Å². The number of thioether (sulfide) groups is 1. The number of benzene rings is 2. The lowest BCUT2D eigenvalue weighted by Crippen LogP contribution is -2.27. The summed E-state index contributed by atoms with van der Waals surface area (Å²) < 4.78 is 29.9. The predicted octanol–water partition coefficient (Wildman–Crippen LogP) is 3.40. The van der Waals surface area contributed by atoms with Crippen LogP contribution in [-0.4, -0.2) is 59.7 Å². The lowest BCUT2D eigenvalue weighted by molar-refractivity contribution is 0.289. The molecule has 1 aliphatic heterocycles. The molecule has 7 nitrogen and oxygen atoms in total. The Hall–Kier alpha value is -2.36. The van der Waals surface area contributed by atoms with Gasteiger partial charge in [-0.15, -0.1) is 10.2 Å². The van der Waals surface area contributed by atoms with Crippen molar-refractivity contribution in [2.24, 2.45) is 7.05 Å². The standard InChI is InChI=1S/C23H28N4O3S2/c1-26-22(19-7-4-3-5-8-19)24-25-23(26)31-16-6-13-27-14-11-18-9-10-21(30-32(2,28)29)17-20(18)12-15-27/h3-5,7-10,17H,6,11-16H2,1-2H3. The maximum atomic E-state index is 11.4. The molecule has 170 valence electrons. The third-order valence-electron chi connectivity index (χ3n) is 5.54. The number of fused-ring (bicyclic) bond motifs is 1. The summed E-state index contributed by atoms with van der Waals surface area (Å²) in [6, 6.07) is 15.7. The summed E-state index contributed by atoms with van der Waals surface area (Å²) in [5.41, 5.74) is 3.52. The normalized spacial score (nSPS) is 14.7. The lowest BCUT2D eigenvalue weighted by atomic mass is 10.0. The van der Waals surface area contributed by atoms with Gasteiger partial charge in [0.2, 0.25) is 0 Å². The predicted molar refractivity (Wildman–Crippen MR) is 128 cm³/mol. The van der Waals surface area contributed by atoms with Crippen molar-refractivity contribution < 1.29 is 12.6 Å². The molecule has 0 unspecified atom stereocenters. The van der Waals surface area contributed by atoms with E-state index in [1.807, 2.05) is 49.5 Å². The Balaban J connectivity index is 1.26. The van der Waals surface area contributed by atoms with Gasteiger partial charge in [0, 0.05) is 31.5 Å². The highest BCUT2D eigenvalue weighted by molar-refractivity contribution is 7.99. The molecular formula is C23H28N4O3S2. The van der Waals surface area contributed by atoms with E-state index in [-0.39, 0.29) is 0 Å². The van der Waals surface area contributed by atoms with Gasteiger partial charge in [-0.1, -0.05) is 48.2 Å². The van der Waals surface area contributed by atoms with Gasteiger partial charge in [0.1, 0.15) is 5.75 Å². The van der Waals surface area contributed by atoms with Gasteiger partial charge < -0.3 is 13.7 Å². The van der Waals surface area contributed by atoms with Crippen LogP contribution in [-0.2, 0) is 30.0 Å². The van der Waals surface area contributed by atoms with Gasteiger partial charge in [0.15, 0.2) is 11.0 Å². The molecule has 32 heavy (non-hydrogen) atoms. The molecule has 0 N–H and O–H groups in total. The quantitative estimate of drug-likeness (QED) is 0.282. The van der Waals surface area contributed by atoms with Crippen molar-refractivity contribution >= 4 is 21.9 Å². The van der Waals surface area contributed by atoms with E-state index in [0.717, 1.165) is 67.4 Å². The molecule has 0 spiro atoms. The van der Waals surface area contributed by atoms with Crippen molar-refractivity contribution in [1.29, 1.82) is 0 Å². The molecule has 0 aliphatic carbocycles. The second-order valence-corrected chi connectivity index (χ2v) is 10.6. The zero-order chi connectivity index (χ0) is 22.6. The van der Waals surface area contributed by atoms with Crippen molar-refractivity contribution in [3.05, 3.63) is 59.7 Å². The molecule has 1 aromatic heterocycles. The molecule has 1 aliphatic rings. The molecule has 0 fully saturated rings. The van der Waals surface area contributed by atoms with Gasteiger partial charge in [0.25, 0.3) is 0 Å². The molecule has 2 heterocycles. The van der Waals surface area contributed by atoms with Crippen LogP contribution in [0.2, 0.25) is 0 Å². The zero-order valence-electron chi connectivity index (χ0n) is 18.4. The van der Waals surface area contributed by atoms with E-state index in [1.165, 1.54) is 11.1 Å². The molecule has 9 heteroatoms. The Morgan fingerprint density at radius 2 is 1.78 bits per heavy atom. The number of hydrogen-bond donors (Lipinski definition) is 0. The summed E-state index contributed by atoms with van der Waals surface area (Å²) in [5, 5.41) is 9.65. The van der Waals surface area contributed by atoms with Crippen molar-refractivity contribution in [3.63, 3.8) is 0 Å². The summed E-state index contributed by atoms with van der Waals surface area (Å²) >= 11 is 1.74. The third-order valence-corrected chi connectivity index (χ3v) is 7.14. The Morgan fingerprint density at radius 1 is 1.03 bits per heavy atom. The summed E-state index contributed by atoms with van der Waals surface area (Å²) in [6.07, 6.45) is 4.00. The van der Waals surface area contributed by atoms with Crippen LogP contribution in [0.4, 0.5) is 0 Å². The number of rotatable bonds is 8. The van der Waals surface area contributed by atoms with Crippen LogP contribution >= 0.6 is 11.8 Å². The van der Waals surface area contributed by atoms with E-state index in [0.29, 0.717) is 5.75 Å². The van der Waals surface area contributed by atoms with Crippen LogP contribution in [0, 0.1) is 0 Å². The molecule has 0 atom stereocenters. The van der Waals surface area contributed by atoms with E-state index in [2.05, 4.69) is 19.7 Å². The van der Waals surface area contributed by atoms with Crippen LogP contribution in [0.3, 0.4) is 0 Å². The van der Waals surface area contributed by atoms with Crippen LogP contribution in [0.1, 0.15) is 17.5 Å². The Bertz CT molecular complexity index is 1160. The molecule has 0 radical (unpaired) electrons. The first kappa shape index (κ1) is 22.8.